The number of nitrogens with zero attached hydrogens (tertiary/aromatic N) is 2. The maximum atomic E-state index is 14.3. The third kappa shape index (κ3) is 6.56. The molecule has 0 radical (unpaired) electrons. The number of hydrogen-bond donors (Lipinski definition) is 3. The van der Waals surface area contributed by atoms with Gasteiger partial charge in [-0.2, -0.15) is 4.67 Å². The molecule has 0 spiro atoms. The number of hydrogen-bond acceptors (Lipinski definition) is 8. The van der Waals surface area contributed by atoms with Crippen LogP contribution in [0.1, 0.15) is 40.3 Å². The maximum Gasteiger partial charge on any atom is 0.462 e. The molecule has 0 amide bonds. The van der Waals surface area contributed by atoms with E-state index in [-0.39, 0.29) is 18.2 Å². The molecule has 38 heavy (non-hydrogen) atoms. The number of benzene rings is 1. The minimum atomic E-state index is -4.35. The Labute approximate surface area is 224 Å². The standard InChI is InChI=1S/C24H33ClN3O9P/c1-5-15(2)13-28(16(3)21(31)32)38(34,37-17-9-7-6-8-10-17)35-14-18-20(30)24(4,25)22(36-18)27-12-11-19(29)26-23(27)33/h6-12,15-16,18,20,22,30H,5,13-14H2,1-4H3,(H,31,32)(H,26,29,33)/t15?,16?,18-,20-,22-,24-,38+/m1/s1. The number of ether oxygens (including phenoxy) is 1. The van der Waals surface area contributed by atoms with Gasteiger partial charge in [0.25, 0.3) is 5.56 Å². The van der Waals surface area contributed by atoms with Gasteiger partial charge in [-0.15, -0.1) is 11.6 Å². The molecular formula is C24H33ClN3O9P. The summed E-state index contributed by atoms with van der Waals surface area (Å²) in [6.07, 6.45) is -1.93. The van der Waals surface area contributed by atoms with Gasteiger partial charge < -0.3 is 19.5 Å². The number of nitrogens with one attached hydrogen (secondary N) is 1. The summed E-state index contributed by atoms with van der Waals surface area (Å²) in [4.78, 5) is 36.3. The summed E-state index contributed by atoms with van der Waals surface area (Å²) in [5.41, 5.74) is -1.41. The molecule has 0 saturated carbocycles. The second kappa shape index (κ2) is 12.1. The van der Waals surface area contributed by atoms with Gasteiger partial charge in [-0.1, -0.05) is 38.5 Å². The summed E-state index contributed by atoms with van der Waals surface area (Å²) < 4.78 is 34.0. The van der Waals surface area contributed by atoms with Gasteiger partial charge in [-0.25, -0.2) is 9.36 Å². The van der Waals surface area contributed by atoms with Crippen LogP contribution in [-0.2, 0) is 18.6 Å². The topological polar surface area (TPSA) is 160 Å². The predicted molar refractivity (Wildman–Crippen MR) is 139 cm³/mol. The highest BCUT2D eigenvalue weighted by Crippen LogP contribution is 2.54. The highest BCUT2D eigenvalue weighted by atomic mass is 35.5. The largest absolute Gasteiger partial charge is 0.480 e. The zero-order valence-corrected chi connectivity index (χ0v) is 23.2. The Morgan fingerprint density at radius 1 is 1.29 bits per heavy atom. The number of alkyl halides is 1. The average Bonchev–Trinajstić information content (AvgIpc) is 3.09. The van der Waals surface area contributed by atoms with Gasteiger partial charge >= 0.3 is 19.4 Å². The minimum absolute atomic E-state index is 0.0518. The molecule has 7 atom stereocenters. The number of aromatic amines is 1. The van der Waals surface area contributed by atoms with Crippen molar-refractivity contribution in [2.24, 2.45) is 5.92 Å². The second-order valence-corrected chi connectivity index (χ2v) is 12.2. The molecule has 1 aliphatic rings. The Hall–Kier alpha value is -2.47. The molecule has 1 fully saturated rings. The van der Waals surface area contributed by atoms with Crippen LogP contribution >= 0.6 is 19.3 Å². The quantitative estimate of drug-likeness (QED) is 0.254. The highest BCUT2D eigenvalue weighted by Gasteiger charge is 2.54. The van der Waals surface area contributed by atoms with Crippen LogP contribution in [0, 0.1) is 5.92 Å². The van der Waals surface area contributed by atoms with Crippen molar-refractivity contribution >= 4 is 25.3 Å². The van der Waals surface area contributed by atoms with E-state index < -0.39 is 60.9 Å². The van der Waals surface area contributed by atoms with Crippen LogP contribution in [0.3, 0.4) is 0 Å². The van der Waals surface area contributed by atoms with E-state index in [9.17, 15) is 29.2 Å². The van der Waals surface area contributed by atoms with Crippen molar-refractivity contribution < 1.29 is 33.4 Å². The molecule has 1 aromatic heterocycles. The van der Waals surface area contributed by atoms with Gasteiger partial charge in [0.15, 0.2) is 6.23 Å². The lowest BCUT2D eigenvalue weighted by atomic mass is 10.0. The van der Waals surface area contributed by atoms with Crippen molar-refractivity contribution in [2.75, 3.05) is 13.2 Å². The summed E-state index contributed by atoms with van der Waals surface area (Å²) in [6.45, 7) is 6.20. The summed E-state index contributed by atoms with van der Waals surface area (Å²) in [6, 6.07) is 8.03. The van der Waals surface area contributed by atoms with E-state index in [0.717, 1.165) is 10.6 Å². The van der Waals surface area contributed by atoms with E-state index in [1.165, 1.54) is 24.7 Å². The molecule has 1 aromatic carbocycles. The molecule has 210 valence electrons. The number of halogens is 1. The van der Waals surface area contributed by atoms with Gasteiger partial charge in [0.05, 0.1) is 6.61 Å². The van der Waals surface area contributed by atoms with Crippen LogP contribution in [0.4, 0.5) is 0 Å². The third-order valence-corrected chi connectivity index (χ3v) is 8.97. The molecule has 0 bridgehead atoms. The van der Waals surface area contributed by atoms with E-state index >= 15 is 0 Å². The third-order valence-electron chi connectivity index (χ3n) is 6.50. The molecular weight excluding hydrogens is 541 g/mol. The number of carbonyl (C=O) groups is 1. The molecule has 12 nitrogen and oxygen atoms in total. The van der Waals surface area contributed by atoms with Crippen molar-refractivity contribution in [2.45, 2.75) is 63.5 Å². The van der Waals surface area contributed by atoms with Gasteiger partial charge in [0.2, 0.25) is 0 Å². The Morgan fingerprint density at radius 2 is 1.95 bits per heavy atom. The summed E-state index contributed by atoms with van der Waals surface area (Å²) in [7, 11) is -4.35. The van der Waals surface area contributed by atoms with E-state index in [0.29, 0.717) is 6.42 Å². The number of aromatic nitrogens is 2. The maximum absolute atomic E-state index is 14.3. The predicted octanol–water partition coefficient (Wildman–Crippen LogP) is 2.82. The Kier molecular flexibility index (Phi) is 9.62. The average molecular weight is 574 g/mol. The summed E-state index contributed by atoms with van der Waals surface area (Å²) in [5.74, 6) is -1.09. The zero-order chi connectivity index (χ0) is 28.3. The number of H-pyrrole nitrogens is 1. The lowest BCUT2D eigenvalue weighted by molar-refractivity contribution is -0.141. The highest BCUT2D eigenvalue weighted by molar-refractivity contribution is 7.51. The number of carboxylic acid groups (broad SMARTS) is 1. The molecule has 1 aliphatic heterocycles. The fourth-order valence-corrected chi connectivity index (χ4v) is 6.27. The van der Waals surface area contributed by atoms with Crippen molar-refractivity contribution in [3.8, 4) is 5.75 Å². The van der Waals surface area contributed by atoms with Crippen molar-refractivity contribution in [1.29, 1.82) is 0 Å². The fraction of sp³-hybridized carbons (Fsp3) is 0.542. The number of aliphatic hydroxyl groups excluding tert-OH is 1. The lowest BCUT2D eigenvalue weighted by Gasteiger charge is -2.34. The van der Waals surface area contributed by atoms with Gasteiger partial charge in [-0.05, 0) is 31.9 Å². The van der Waals surface area contributed by atoms with E-state index in [4.69, 9.17) is 25.4 Å². The SMILES string of the molecule is CCC(C)CN(C(C)C(=O)O)[P@](=O)(OC[C@H]1O[C@@H](n2ccc(=O)[nH]c2=O)[C@](C)(Cl)[C@@H]1O)Oc1ccccc1. The number of rotatable bonds is 12. The summed E-state index contributed by atoms with van der Waals surface area (Å²) in [5, 5.41) is 20.7. The van der Waals surface area contributed by atoms with Crippen LogP contribution < -0.4 is 15.8 Å². The molecule has 2 heterocycles. The Bertz CT molecular complexity index is 1270. The number of aliphatic carboxylic acids is 1. The molecule has 2 aromatic rings. The normalized spacial score (nSPS) is 26.6. The summed E-state index contributed by atoms with van der Waals surface area (Å²) >= 11 is 6.58. The zero-order valence-electron chi connectivity index (χ0n) is 21.5. The molecule has 2 unspecified atom stereocenters. The van der Waals surface area contributed by atoms with Crippen molar-refractivity contribution in [1.82, 2.24) is 14.2 Å². The number of carboxylic acids is 1. The van der Waals surface area contributed by atoms with E-state index in [1.807, 2.05) is 13.8 Å². The minimum Gasteiger partial charge on any atom is -0.480 e. The molecule has 3 N–H and O–H groups in total. The first-order valence-electron chi connectivity index (χ1n) is 12.1. The van der Waals surface area contributed by atoms with E-state index in [2.05, 4.69) is 4.98 Å². The van der Waals surface area contributed by atoms with Crippen LogP contribution in [0.2, 0.25) is 0 Å². The lowest BCUT2D eigenvalue weighted by Crippen LogP contribution is -2.43. The van der Waals surface area contributed by atoms with E-state index in [1.54, 1.807) is 30.3 Å². The Balaban J connectivity index is 1.93. The number of aliphatic hydroxyl groups is 1. The fourth-order valence-electron chi connectivity index (χ4n) is 3.94. The molecule has 1 saturated heterocycles. The molecule has 0 aliphatic carbocycles. The van der Waals surface area contributed by atoms with Gasteiger partial charge in [0, 0.05) is 18.8 Å². The van der Waals surface area contributed by atoms with Crippen molar-refractivity contribution in [3.63, 3.8) is 0 Å². The molecule has 14 heteroatoms. The Morgan fingerprint density at radius 3 is 2.53 bits per heavy atom. The van der Waals surface area contributed by atoms with Crippen LogP contribution in [0.15, 0.2) is 52.2 Å². The van der Waals surface area contributed by atoms with Gasteiger partial charge in [-0.3, -0.25) is 23.7 Å². The second-order valence-electron chi connectivity index (χ2n) is 9.46. The first-order valence-corrected chi connectivity index (χ1v) is 14.0. The van der Waals surface area contributed by atoms with Crippen LogP contribution in [0.25, 0.3) is 0 Å². The van der Waals surface area contributed by atoms with Crippen molar-refractivity contribution in [3.05, 3.63) is 63.4 Å². The van der Waals surface area contributed by atoms with Crippen LogP contribution in [0.5, 0.6) is 5.75 Å². The van der Waals surface area contributed by atoms with Crippen LogP contribution in [-0.4, -0.2) is 66.7 Å². The first kappa shape index (κ1) is 30.1. The number of para-hydroxylation sites is 1. The first-order chi connectivity index (χ1) is 17.8. The smallest absolute Gasteiger partial charge is 0.462 e. The monoisotopic (exact) mass is 573 g/mol. The van der Waals surface area contributed by atoms with Gasteiger partial charge in [0.1, 0.15) is 28.9 Å². The molecule has 3 rings (SSSR count).